The largest absolute Gasteiger partial charge is 0.497 e. The maximum Gasteiger partial charge on any atom is 0.254 e. The third-order valence-corrected chi connectivity index (χ3v) is 4.81. The lowest BCUT2D eigenvalue weighted by Crippen LogP contribution is -2.48. The predicted octanol–water partition coefficient (Wildman–Crippen LogP) is 1.46. The molecule has 0 saturated carbocycles. The van der Waals surface area contributed by atoms with Crippen molar-refractivity contribution in [3.8, 4) is 11.5 Å². The molecule has 25 heavy (non-hydrogen) atoms. The van der Waals surface area contributed by atoms with Gasteiger partial charge >= 0.3 is 0 Å². The standard InChI is InChI=1S/C18H22N2O5/c1-24-14-9-12(10-15(11-14)25-2)18(23)19-7-5-13(6-8-19)20-16(21)3-4-17(20)22/h9-11,13H,3-8H2,1-2H3. The average Bonchev–Trinajstić information content (AvgIpc) is 2.99. The number of carbonyl (C=O) groups is 3. The van der Waals surface area contributed by atoms with Gasteiger partial charge in [-0.15, -0.1) is 0 Å². The molecular weight excluding hydrogens is 324 g/mol. The zero-order valence-electron chi connectivity index (χ0n) is 14.5. The van der Waals surface area contributed by atoms with E-state index in [1.165, 1.54) is 4.90 Å². The SMILES string of the molecule is COc1cc(OC)cc(C(=O)N2CCC(N3C(=O)CCC3=O)CC2)c1. The first kappa shape index (κ1) is 17.3. The van der Waals surface area contributed by atoms with Crippen molar-refractivity contribution in [1.29, 1.82) is 0 Å². The van der Waals surface area contributed by atoms with Crippen LogP contribution in [0.4, 0.5) is 0 Å². The van der Waals surface area contributed by atoms with Crippen LogP contribution in [0.5, 0.6) is 11.5 Å². The molecule has 1 aromatic carbocycles. The number of benzene rings is 1. The third kappa shape index (κ3) is 3.45. The fourth-order valence-corrected chi connectivity index (χ4v) is 3.44. The van der Waals surface area contributed by atoms with Crippen LogP contribution in [0.1, 0.15) is 36.0 Å². The van der Waals surface area contributed by atoms with Crippen LogP contribution in [0.3, 0.4) is 0 Å². The molecule has 0 radical (unpaired) electrons. The maximum atomic E-state index is 12.8. The van der Waals surface area contributed by atoms with E-state index in [4.69, 9.17) is 9.47 Å². The summed E-state index contributed by atoms with van der Waals surface area (Å²) in [5.74, 6) is 0.839. The Balaban J connectivity index is 1.67. The summed E-state index contributed by atoms with van der Waals surface area (Å²) in [6, 6.07) is 4.99. The van der Waals surface area contributed by atoms with Gasteiger partial charge in [0, 0.05) is 43.6 Å². The molecule has 2 heterocycles. The number of hydrogen-bond donors (Lipinski definition) is 0. The molecule has 2 aliphatic heterocycles. The van der Waals surface area contributed by atoms with E-state index in [1.54, 1.807) is 37.3 Å². The molecule has 134 valence electrons. The normalized spacial score (nSPS) is 18.6. The van der Waals surface area contributed by atoms with Crippen molar-refractivity contribution in [2.75, 3.05) is 27.3 Å². The van der Waals surface area contributed by atoms with Crippen molar-refractivity contribution >= 4 is 17.7 Å². The summed E-state index contributed by atoms with van der Waals surface area (Å²) in [5, 5.41) is 0. The van der Waals surface area contributed by atoms with Crippen LogP contribution in [0.25, 0.3) is 0 Å². The minimum Gasteiger partial charge on any atom is -0.497 e. The molecule has 7 nitrogen and oxygen atoms in total. The zero-order valence-corrected chi connectivity index (χ0v) is 14.5. The Labute approximate surface area is 146 Å². The van der Waals surface area contributed by atoms with Crippen molar-refractivity contribution < 1.29 is 23.9 Å². The van der Waals surface area contributed by atoms with Gasteiger partial charge in [-0.3, -0.25) is 19.3 Å². The smallest absolute Gasteiger partial charge is 0.254 e. The van der Waals surface area contributed by atoms with E-state index < -0.39 is 0 Å². The highest BCUT2D eigenvalue weighted by atomic mass is 16.5. The number of methoxy groups -OCH3 is 2. The molecule has 0 unspecified atom stereocenters. The van der Waals surface area contributed by atoms with Gasteiger partial charge in [0.25, 0.3) is 5.91 Å². The number of ether oxygens (including phenoxy) is 2. The van der Waals surface area contributed by atoms with Crippen LogP contribution < -0.4 is 9.47 Å². The summed E-state index contributed by atoms with van der Waals surface area (Å²) >= 11 is 0. The molecule has 0 aromatic heterocycles. The van der Waals surface area contributed by atoms with E-state index >= 15 is 0 Å². The number of carbonyl (C=O) groups excluding carboxylic acids is 3. The fourth-order valence-electron chi connectivity index (χ4n) is 3.44. The van der Waals surface area contributed by atoms with Gasteiger partial charge in [-0.2, -0.15) is 0 Å². The third-order valence-electron chi connectivity index (χ3n) is 4.81. The Morgan fingerprint density at radius 2 is 1.48 bits per heavy atom. The molecule has 3 rings (SSSR count). The Hall–Kier alpha value is -2.57. The first-order valence-electron chi connectivity index (χ1n) is 8.40. The number of likely N-dealkylation sites (tertiary alicyclic amines) is 2. The summed E-state index contributed by atoms with van der Waals surface area (Å²) in [4.78, 5) is 39.6. The lowest BCUT2D eigenvalue weighted by Gasteiger charge is -2.35. The van der Waals surface area contributed by atoms with Gasteiger partial charge in [-0.1, -0.05) is 0 Å². The van der Waals surface area contributed by atoms with Gasteiger partial charge < -0.3 is 14.4 Å². The second kappa shape index (κ2) is 7.13. The van der Waals surface area contributed by atoms with Gasteiger partial charge in [-0.25, -0.2) is 0 Å². The molecule has 0 bridgehead atoms. The van der Waals surface area contributed by atoms with E-state index in [9.17, 15) is 14.4 Å². The lowest BCUT2D eigenvalue weighted by atomic mass is 10.0. The number of nitrogens with zero attached hydrogens (tertiary/aromatic N) is 2. The van der Waals surface area contributed by atoms with E-state index in [0.717, 1.165) is 0 Å². The Morgan fingerprint density at radius 1 is 0.960 bits per heavy atom. The van der Waals surface area contributed by atoms with Crippen molar-refractivity contribution in [3.63, 3.8) is 0 Å². The molecule has 0 atom stereocenters. The quantitative estimate of drug-likeness (QED) is 0.772. The number of imide groups is 1. The van der Waals surface area contributed by atoms with Gasteiger partial charge in [0.2, 0.25) is 11.8 Å². The maximum absolute atomic E-state index is 12.8. The minimum absolute atomic E-state index is 0.0905. The van der Waals surface area contributed by atoms with Crippen LogP contribution in [0, 0.1) is 0 Å². The molecule has 2 aliphatic rings. The molecular formula is C18H22N2O5. The van der Waals surface area contributed by atoms with E-state index in [-0.39, 0.29) is 23.8 Å². The molecule has 1 aromatic rings. The van der Waals surface area contributed by atoms with Crippen LogP contribution in [-0.4, -0.2) is 60.9 Å². The van der Waals surface area contributed by atoms with Crippen LogP contribution in [-0.2, 0) is 9.59 Å². The number of amides is 3. The number of piperidine rings is 1. The van der Waals surface area contributed by atoms with E-state index in [2.05, 4.69) is 0 Å². The monoisotopic (exact) mass is 346 g/mol. The van der Waals surface area contributed by atoms with Crippen molar-refractivity contribution in [1.82, 2.24) is 9.80 Å². The molecule has 0 spiro atoms. The van der Waals surface area contributed by atoms with Crippen LogP contribution in [0.2, 0.25) is 0 Å². The number of hydrogen-bond acceptors (Lipinski definition) is 5. The summed E-state index contributed by atoms with van der Waals surface area (Å²) in [7, 11) is 3.08. The Morgan fingerprint density at radius 3 is 1.96 bits per heavy atom. The average molecular weight is 346 g/mol. The van der Waals surface area contributed by atoms with E-state index in [1.807, 2.05) is 0 Å². The summed E-state index contributed by atoms with van der Waals surface area (Å²) in [5.41, 5.74) is 0.503. The Bertz CT molecular complexity index is 656. The van der Waals surface area contributed by atoms with Crippen LogP contribution >= 0.6 is 0 Å². The molecule has 7 heteroatoms. The first-order valence-corrected chi connectivity index (χ1v) is 8.40. The van der Waals surface area contributed by atoms with Crippen molar-refractivity contribution in [3.05, 3.63) is 23.8 Å². The highest BCUT2D eigenvalue weighted by Crippen LogP contribution is 2.26. The molecule has 2 fully saturated rings. The van der Waals surface area contributed by atoms with Crippen molar-refractivity contribution in [2.45, 2.75) is 31.7 Å². The topological polar surface area (TPSA) is 76.2 Å². The second-order valence-corrected chi connectivity index (χ2v) is 6.28. The van der Waals surface area contributed by atoms with Crippen LogP contribution in [0.15, 0.2) is 18.2 Å². The highest BCUT2D eigenvalue weighted by molar-refractivity contribution is 6.02. The summed E-state index contributed by atoms with van der Waals surface area (Å²) in [6.07, 6.45) is 1.85. The van der Waals surface area contributed by atoms with Gasteiger partial charge in [0.15, 0.2) is 0 Å². The molecule has 3 amide bonds. The number of rotatable bonds is 4. The van der Waals surface area contributed by atoms with Gasteiger partial charge in [0.05, 0.1) is 14.2 Å². The molecule has 2 saturated heterocycles. The highest BCUT2D eigenvalue weighted by Gasteiger charge is 2.37. The van der Waals surface area contributed by atoms with Gasteiger partial charge in [0.1, 0.15) is 11.5 Å². The molecule has 0 N–H and O–H groups in total. The summed E-state index contributed by atoms with van der Waals surface area (Å²) in [6.45, 7) is 1.03. The van der Waals surface area contributed by atoms with Gasteiger partial charge in [-0.05, 0) is 25.0 Å². The zero-order chi connectivity index (χ0) is 18.0. The predicted molar refractivity (Wildman–Crippen MR) is 89.6 cm³/mol. The summed E-state index contributed by atoms with van der Waals surface area (Å²) < 4.78 is 10.4. The fraction of sp³-hybridized carbons (Fsp3) is 0.500. The molecule has 0 aliphatic carbocycles. The lowest BCUT2D eigenvalue weighted by molar-refractivity contribution is -0.141. The van der Waals surface area contributed by atoms with Crippen molar-refractivity contribution in [2.24, 2.45) is 0 Å². The van der Waals surface area contributed by atoms with E-state index in [0.29, 0.717) is 55.8 Å². The Kier molecular flexibility index (Phi) is 4.92. The first-order chi connectivity index (χ1) is 12.0. The minimum atomic E-state index is -0.102. The second-order valence-electron chi connectivity index (χ2n) is 6.28.